The van der Waals surface area contributed by atoms with Crippen LogP contribution in [0.1, 0.15) is 0 Å². The van der Waals surface area contributed by atoms with Crippen LogP contribution in [0.2, 0.25) is 0 Å². The zero-order valence-corrected chi connectivity index (χ0v) is 11.3. The summed E-state index contributed by atoms with van der Waals surface area (Å²) in [4.78, 5) is 8.69. The molecule has 0 radical (unpaired) electrons. The molecule has 0 aliphatic rings. The molecule has 84 valence electrons. The van der Waals surface area contributed by atoms with Gasteiger partial charge in [0.05, 0.1) is 11.0 Å². The standard InChI is InChI=1S/C12H8N2.Cu.HI/c1-3-9-5-6-10-4-2-8-14-12(10)11(9)13-7-1;;/h1-8H;;1H/q;+1;/p-1. The second-order valence-corrected chi connectivity index (χ2v) is 3.22. The minimum Gasteiger partial charge on any atom is -1.00 e. The molecule has 2 aromatic heterocycles. The molecule has 0 saturated heterocycles. The molecule has 16 heavy (non-hydrogen) atoms. The second-order valence-electron chi connectivity index (χ2n) is 3.22. The van der Waals surface area contributed by atoms with E-state index in [2.05, 4.69) is 34.2 Å². The Bertz CT molecular complexity index is 558. The average Bonchev–Trinajstić information content (AvgIpc) is 2.29. The van der Waals surface area contributed by atoms with Gasteiger partial charge in [0.2, 0.25) is 0 Å². The zero-order valence-electron chi connectivity index (χ0n) is 8.19. The first-order chi connectivity index (χ1) is 6.95. The van der Waals surface area contributed by atoms with Crippen molar-refractivity contribution >= 4 is 21.8 Å². The van der Waals surface area contributed by atoms with Crippen LogP contribution < -0.4 is 24.0 Å². The molecule has 4 heteroatoms. The number of nitrogens with zero attached hydrogens (tertiary/aromatic N) is 2. The molecule has 0 aliphatic carbocycles. The molecule has 0 aliphatic heterocycles. The van der Waals surface area contributed by atoms with E-state index in [9.17, 15) is 0 Å². The van der Waals surface area contributed by atoms with Gasteiger partial charge in [-0.25, -0.2) is 0 Å². The van der Waals surface area contributed by atoms with Crippen molar-refractivity contribution in [3.63, 3.8) is 0 Å². The molecule has 2 heterocycles. The number of hydrogen-bond donors (Lipinski definition) is 0. The molecule has 0 spiro atoms. The van der Waals surface area contributed by atoms with Crippen LogP contribution in [0.4, 0.5) is 0 Å². The minimum absolute atomic E-state index is 0. The van der Waals surface area contributed by atoms with E-state index in [1.807, 2.05) is 12.1 Å². The van der Waals surface area contributed by atoms with Crippen molar-refractivity contribution in [2.24, 2.45) is 0 Å². The molecular formula is C12H8CuIN2. The van der Waals surface area contributed by atoms with E-state index in [1.54, 1.807) is 12.4 Å². The van der Waals surface area contributed by atoms with Crippen molar-refractivity contribution in [2.45, 2.75) is 0 Å². The molecule has 0 fully saturated rings. The maximum Gasteiger partial charge on any atom is 1.00 e. The van der Waals surface area contributed by atoms with Gasteiger partial charge in [-0.3, -0.25) is 9.97 Å². The van der Waals surface area contributed by atoms with Crippen molar-refractivity contribution < 1.29 is 41.0 Å². The van der Waals surface area contributed by atoms with Crippen LogP contribution in [0, 0.1) is 0 Å². The van der Waals surface area contributed by atoms with Gasteiger partial charge < -0.3 is 24.0 Å². The van der Waals surface area contributed by atoms with Gasteiger partial charge in [0, 0.05) is 23.2 Å². The van der Waals surface area contributed by atoms with Crippen molar-refractivity contribution in [3.05, 3.63) is 48.8 Å². The molecule has 0 saturated carbocycles. The number of rotatable bonds is 0. The predicted octanol–water partition coefficient (Wildman–Crippen LogP) is -0.216. The zero-order chi connectivity index (χ0) is 9.38. The Labute approximate surface area is 121 Å². The third-order valence-electron chi connectivity index (χ3n) is 2.34. The third-order valence-corrected chi connectivity index (χ3v) is 2.34. The molecule has 0 atom stereocenters. The number of pyridine rings is 2. The molecule has 3 aromatic rings. The quantitative estimate of drug-likeness (QED) is 0.311. The van der Waals surface area contributed by atoms with E-state index < -0.39 is 0 Å². The normalized spacial score (nSPS) is 9.50. The summed E-state index contributed by atoms with van der Waals surface area (Å²) in [5.74, 6) is 0. The van der Waals surface area contributed by atoms with E-state index in [4.69, 9.17) is 0 Å². The first kappa shape index (κ1) is 13.4. The van der Waals surface area contributed by atoms with Crippen LogP contribution in [0.25, 0.3) is 21.8 Å². The van der Waals surface area contributed by atoms with Crippen molar-refractivity contribution in [1.82, 2.24) is 9.97 Å². The summed E-state index contributed by atoms with van der Waals surface area (Å²) in [7, 11) is 0. The molecule has 0 bridgehead atoms. The van der Waals surface area contributed by atoms with Crippen molar-refractivity contribution in [1.29, 1.82) is 0 Å². The third kappa shape index (κ3) is 2.19. The average molecular weight is 371 g/mol. The van der Waals surface area contributed by atoms with Crippen LogP contribution in [-0.4, -0.2) is 9.97 Å². The maximum absolute atomic E-state index is 4.35. The Morgan fingerprint density at radius 2 is 1.12 bits per heavy atom. The van der Waals surface area contributed by atoms with Gasteiger partial charge >= 0.3 is 17.1 Å². The Morgan fingerprint density at radius 3 is 1.56 bits per heavy atom. The summed E-state index contributed by atoms with van der Waals surface area (Å²) in [5.41, 5.74) is 1.95. The topological polar surface area (TPSA) is 25.8 Å². The van der Waals surface area contributed by atoms with Gasteiger partial charge in [-0.15, -0.1) is 0 Å². The summed E-state index contributed by atoms with van der Waals surface area (Å²) in [5, 5.41) is 2.28. The van der Waals surface area contributed by atoms with E-state index in [0.29, 0.717) is 0 Å². The van der Waals surface area contributed by atoms with E-state index in [-0.39, 0.29) is 41.0 Å². The molecule has 0 N–H and O–H groups in total. The van der Waals surface area contributed by atoms with E-state index >= 15 is 0 Å². The van der Waals surface area contributed by atoms with E-state index in [1.165, 1.54) is 0 Å². The van der Waals surface area contributed by atoms with Crippen LogP contribution in [0.15, 0.2) is 48.8 Å². The smallest absolute Gasteiger partial charge is 1.00 e. The fourth-order valence-corrected chi connectivity index (χ4v) is 1.68. The molecule has 0 unspecified atom stereocenters. The number of benzene rings is 1. The largest absolute Gasteiger partial charge is 1.00 e. The Morgan fingerprint density at radius 1 is 0.688 bits per heavy atom. The number of aromatic nitrogens is 2. The van der Waals surface area contributed by atoms with Crippen molar-refractivity contribution in [2.75, 3.05) is 0 Å². The summed E-state index contributed by atoms with van der Waals surface area (Å²) >= 11 is 0. The van der Waals surface area contributed by atoms with Crippen molar-refractivity contribution in [3.8, 4) is 0 Å². The number of hydrogen-bond acceptors (Lipinski definition) is 2. The summed E-state index contributed by atoms with van der Waals surface area (Å²) in [6.45, 7) is 0. The first-order valence-electron chi connectivity index (χ1n) is 4.53. The van der Waals surface area contributed by atoms with Gasteiger partial charge in [0.1, 0.15) is 0 Å². The minimum atomic E-state index is 0. The second kappa shape index (κ2) is 5.57. The number of fused-ring (bicyclic) bond motifs is 3. The Balaban J connectivity index is 0.000000640. The van der Waals surface area contributed by atoms with E-state index in [0.717, 1.165) is 21.8 Å². The van der Waals surface area contributed by atoms with Gasteiger partial charge in [0.15, 0.2) is 0 Å². The van der Waals surface area contributed by atoms with Gasteiger partial charge in [-0.2, -0.15) is 0 Å². The predicted molar refractivity (Wildman–Crippen MR) is 57.0 cm³/mol. The fraction of sp³-hybridized carbons (Fsp3) is 0. The van der Waals surface area contributed by atoms with Crippen LogP contribution >= 0.6 is 0 Å². The van der Waals surface area contributed by atoms with Gasteiger partial charge in [-0.05, 0) is 12.1 Å². The molecule has 2 nitrogen and oxygen atoms in total. The summed E-state index contributed by atoms with van der Waals surface area (Å²) in [6.07, 6.45) is 3.60. The van der Waals surface area contributed by atoms with Crippen LogP contribution in [0.3, 0.4) is 0 Å². The fourth-order valence-electron chi connectivity index (χ4n) is 1.68. The maximum atomic E-state index is 4.35. The monoisotopic (exact) mass is 370 g/mol. The van der Waals surface area contributed by atoms with Crippen LogP contribution in [0.5, 0.6) is 0 Å². The van der Waals surface area contributed by atoms with Gasteiger partial charge in [-0.1, -0.05) is 24.3 Å². The van der Waals surface area contributed by atoms with Gasteiger partial charge in [0.25, 0.3) is 0 Å². The number of halogens is 1. The SMILES string of the molecule is [Cu+].[I-].c1cnc2c(c1)ccc1cccnc12. The first-order valence-corrected chi connectivity index (χ1v) is 4.53. The Kier molecular flexibility index (Phi) is 4.65. The summed E-state index contributed by atoms with van der Waals surface area (Å²) in [6, 6.07) is 12.1. The molecule has 0 amide bonds. The summed E-state index contributed by atoms with van der Waals surface area (Å²) < 4.78 is 0. The molecular weight excluding hydrogens is 363 g/mol. The Hall–Kier alpha value is -0.711. The molecule has 1 aromatic carbocycles. The van der Waals surface area contributed by atoms with Crippen LogP contribution in [-0.2, 0) is 17.1 Å². The molecule has 3 rings (SSSR count).